The highest BCUT2D eigenvalue weighted by Gasteiger charge is 2.38. The van der Waals surface area contributed by atoms with Gasteiger partial charge in [-0.25, -0.2) is 0 Å². The fraction of sp³-hybridized carbons (Fsp3) is 0.800. The van der Waals surface area contributed by atoms with Crippen molar-refractivity contribution in [1.82, 2.24) is 0 Å². The average Bonchev–Trinajstić information content (AvgIpc) is 2.47. The minimum atomic E-state index is -2.40. The number of aliphatic hydroxyl groups excluding tert-OH is 1. The molecule has 0 aromatic heterocycles. The Morgan fingerprint density at radius 3 is 2.50 bits per heavy atom. The summed E-state index contributed by atoms with van der Waals surface area (Å²) in [5.74, 6) is 0.00409. The van der Waals surface area contributed by atoms with E-state index in [0.717, 1.165) is 18.5 Å². The van der Waals surface area contributed by atoms with Crippen molar-refractivity contribution in [2.75, 3.05) is 13.2 Å². The monoisotopic (exact) mass is 302 g/mol. The zero-order valence-electron chi connectivity index (χ0n) is 13.4. The summed E-state index contributed by atoms with van der Waals surface area (Å²) >= 11 is 0. The number of hydrogen-bond donors (Lipinski definition) is 1. The van der Waals surface area contributed by atoms with E-state index in [9.17, 15) is 4.79 Å². The molecule has 1 N–H and O–H groups in total. The zero-order chi connectivity index (χ0) is 15.4. The van der Waals surface area contributed by atoms with Crippen molar-refractivity contribution in [1.29, 1.82) is 0 Å². The Labute approximate surface area is 124 Å². The first-order chi connectivity index (χ1) is 9.59. The topological polar surface area (TPSA) is 55.8 Å². The summed E-state index contributed by atoms with van der Waals surface area (Å²) in [6.07, 6.45) is 5.12. The molecule has 0 bridgehead atoms. The Morgan fingerprint density at radius 2 is 2.05 bits per heavy atom. The van der Waals surface area contributed by atoms with Gasteiger partial charge in [0.15, 0.2) is 5.78 Å². The maximum absolute atomic E-state index is 12.0. The van der Waals surface area contributed by atoms with Gasteiger partial charge in [0.2, 0.25) is 0 Å². The van der Waals surface area contributed by atoms with Crippen LogP contribution in [0.3, 0.4) is 0 Å². The van der Waals surface area contributed by atoms with Crippen molar-refractivity contribution in [2.45, 2.75) is 65.1 Å². The van der Waals surface area contributed by atoms with Gasteiger partial charge >= 0.3 is 8.56 Å². The van der Waals surface area contributed by atoms with Crippen molar-refractivity contribution in [3.05, 3.63) is 12.2 Å². The molecule has 20 heavy (non-hydrogen) atoms. The van der Waals surface area contributed by atoms with E-state index in [1.54, 1.807) is 12.2 Å². The second-order valence-corrected chi connectivity index (χ2v) is 8.41. The van der Waals surface area contributed by atoms with Crippen LogP contribution in [-0.4, -0.2) is 38.8 Å². The summed E-state index contributed by atoms with van der Waals surface area (Å²) in [7, 11) is -2.40. The molecule has 2 atom stereocenters. The number of allylic oxidation sites excluding steroid dienone is 1. The predicted octanol–water partition coefficient (Wildman–Crippen LogP) is 3.20. The van der Waals surface area contributed by atoms with E-state index in [1.807, 2.05) is 20.8 Å². The maximum atomic E-state index is 12.0. The van der Waals surface area contributed by atoms with Gasteiger partial charge in [0, 0.05) is 13.2 Å². The Balaban J connectivity index is 4.92. The van der Waals surface area contributed by atoms with E-state index >= 15 is 0 Å². The number of ketones is 1. The number of aliphatic hydroxyl groups is 1. The third-order valence-electron chi connectivity index (χ3n) is 3.20. The van der Waals surface area contributed by atoms with E-state index in [2.05, 4.69) is 6.92 Å². The van der Waals surface area contributed by atoms with Crippen LogP contribution in [0, 0.1) is 0 Å². The number of hydrogen-bond acceptors (Lipinski definition) is 4. The summed E-state index contributed by atoms with van der Waals surface area (Å²) in [4.78, 5) is 12.0. The Morgan fingerprint density at radius 1 is 1.35 bits per heavy atom. The molecule has 0 heterocycles. The lowest BCUT2D eigenvalue weighted by Gasteiger charge is -2.33. The molecule has 0 saturated heterocycles. The highest BCUT2D eigenvalue weighted by Crippen LogP contribution is 2.24. The van der Waals surface area contributed by atoms with Gasteiger partial charge in [-0.05, 0) is 44.4 Å². The molecule has 5 heteroatoms. The van der Waals surface area contributed by atoms with Crippen LogP contribution in [0.15, 0.2) is 12.2 Å². The van der Waals surface area contributed by atoms with E-state index in [0.29, 0.717) is 19.4 Å². The second kappa shape index (κ2) is 11.2. The highest BCUT2D eigenvalue weighted by molar-refractivity contribution is 6.67. The Bertz CT molecular complexity index is 284. The first kappa shape index (κ1) is 19.5. The third-order valence-corrected chi connectivity index (χ3v) is 6.84. The lowest BCUT2D eigenvalue weighted by atomic mass is 10.2. The highest BCUT2D eigenvalue weighted by atomic mass is 28.4. The first-order valence-electron chi connectivity index (χ1n) is 7.68. The molecule has 0 aromatic carbocycles. The van der Waals surface area contributed by atoms with E-state index in [4.69, 9.17) is 14.0 Å². The molecule has 4 nitrogen and oxygen atoms in total. The lowest BCUT2D eigenvalue weighted by molar-refractivity contribution is -0.122. The predicted molar refractivity (Wildman–Crippen MR) is 84.0 cm³/mol. The zero-order valence-corrected chi connectivity index (χ0v) is 14.4. The average molecular weight is 302 g/mol. The van der Waals surface area contributed by atoms with Crippen molar-refractivity contribution in [2.24, 2.45) is 0 Å². The van der Waals surface area contributed by atoms with Crippen molar-refractivity contribution in [3.8, 4) is 0 Å². The van der Waals surface area contributed by atoms with E-state index in [1.165, 1.54) is 0 Å². The minimum Gasteiger partial charge on any atom is -0.396 e. The van der Waals surface area contributed by atoms with E-state index < -0.39 is 14.7 Å². The molecular formula is C15H30O4Si. The summed E-state index contributed by atoms with van der Waals surface area (Å²) in [6, 6.07) is 1.53. The second-order valence-electron chi connectivity index (χ2n) is 4.86. The van der Waals surface area contributed by atoms with Gasteiger partial charge < -0.3 is 14.0 Å². The van der Waals surface area contributed by atoms with Crippen LogP contribution >= 0.6 is 0 Å². The quantitative estimate of drug-likeness (QED) is 0.444. The SMILES string of the molecule is CC=CC(=O)C(CC)O[Si](CC)(CCCO)OCCC. The summed E-state index contributed by atoms with van der Waals surface area (Å²) < 4.78 is 12.2. The van der Waals surface area contributed by atoms with Gasteiger partial charge in [-0.15, -0.1) is 0 Å². The number of carbonyl (C=O) groups excluding carboxylic acids is 1. The molecule has 0 aromatic rings. The van der Waals surface area contributed by atoms with Gasteiger partial charge in [-0.2, -0.15) is 0 Å². The standard InChI is InChI=1S/C15H30O4Si/c1-5-10-14(17)15(7-3)19-20(8-4,13-9-11-16)18-12-6-2/h5,10,15-16H,6-9,11-13H2,1-4H3. The van der Waals surface area contributed by atoms with Crippen LogP contribution < -0.4 is 0 Å². The van der Waals surface area contributed by atoms with Gasteiger partial charge in [-0.1, -0.05) is 26.8 Å². The van der Waals surface area contributed by atoms with Crippen molar-refractivity contribution < 1.29 is 18.8 Å². The fourth-order valence-corrected chi connectivity index (χ4v) is 5.17. The lowest BCUT2D eigenvalue weighted by Crippen LogP contribution is -2.46. The van der Waals surface area contributed by atoms with E-state index in [-0.39, 0.29) is 12.4 Å². The Hall–Kier alpha value is -0.493. The van der Waals surface area contributed by atoms with Crippen LogP contribution in [0.2, 0.25) is 12.1 Å². The molecule has 0 fully saturated rings. The van der Waals surface area contributed by atoms with Gasteiger partial charge in [-0.3, -0.25) is 4.79 Å². The molecule has 0 aliphatic carbocycles. The molecule has 0 radical (unpaired) electrons. The van der Waals surface area contributed by atoms with Crippen molar-refractivity contribution >= 4 is 14.3 Å². The summed E-state index contributed by atoms with van der Waals surface area (Å²) in [5, 5.41) is 9.07. The van der Waals surface area contributed by atoms with Crippen LogP contribution in [-0.2, 0) is 13.6 Å². The largest absolute Gasteiger partial charge is 0.396 e. The number of carbonyl (C=O) groups is 1. The first-order valence-corrected chi connectivity index (χ1v) is 9.91. The smallest absolute Gasteiger partial charge is 0.338 e. The molecule has 0 aliphatic heterocycles. The van der Waals surface area contributed by atoms with Gasteiger partial charge in [0.25, 0.3) is 0 Å². The molecule has 0 saturated carbocycles. The summed E-state index contributed by atoms with van der Waals surface area (Å²) in [6.45, 7) is 8.67. The maximum Gasteiger partial charge on any atom is 0.338 e. The van der Waals surface area contributed by atoms with Gasteiger partial charge in [0.1, 0.15) is 6.10 Å². The minimum absolute atomic E-state index is 0.00409. The Kier molecular flexibility index (Phi) is 10.9. The van der Waals surface area contributed by atoms with Gasteiger partial charge in [0.05, 0.1) is 0 Å². The molecule has 0 aliphatic rings. The molecule has 0 spiro atoms. The van der Waals surface area contributed by atoms with Crippen LogP contribution in [0.1, 0.15) is 47.0 Å². The molecule has 2 unspecified atom stereocenters. The third kappa shape index (κ3) is 6.79. The molecule has 0 rings (SSSR count). The number of rotatable bonds is 12. The summed E-state index contributed by atoms with van der Waals surface area (Å²) in [5.41, 5.74) is 0. The van der Waals surface area contributed by atoms with Crippen LogP contribution in [0.25, 0.3) is 0 Å². The fourth-order valence-electron chi connectivity index (χ4n) is 2.04. The molecule has 118 valence electrons. The normalized spacial score (nSPS) is 16.2. The molecular weight excluding hydrogens is 272 g/mol. The molecule has 0 amide bonds. The van der Waals surface area contributed by atoms with Crippen LogP contribution in [0.4, 0.5) is 0 Å². The van der Waals surface area contributed by atoms with Crippen LogP contribution in [0.5, 0.6) is 0 Å². The van der Waals surface area contributed by atoms with Crippen molar-refractivity contribution in [3.63, 3.8) is 0 Å².